The van der Waals surface area contributed by atoms with Crippen molar-refractivity contribution in [2.45, 2.75) is 11.4 Å². The van der Waals surface area contributed by atoms with E-state index in [1.165, 1.54) is 42.6 Å². The number of pyridine rings is 1. The van der Waals surface area contributed by atoms with Crippen LogP contribution in [0.5, 0.6) is 0 Å². The summed E-state index contributed by atoms with van der Waals surface area (Å²) >= 11 is 5.77. The van der Waals surface area contributed by atoms with E-state index in [0.717, 1.165) is 5.56 Å². The Morgan fingerprint density at radius 1 is 0.962 bits per heavy atom. The highest BCUT2D eigenvalue weighted by Crippen LogP contribution is 2.18. The Kier molecular flexibility index (Phi) is 5.39. The van der Waals surface area contributed by atoms with Crippen LogP contribution in [0.15, 0.2) is 71.8 Å². The molecule has 0 aliphatic carbocycles. The summed E-state index contributed by atoms with van der Waals surface area (Å²) in [5.41, 5.74) is 1.63. The first-order valence-electron chi connectivity index (χ1n) is 7.65. The molecule has 0 fully saturated rings. The first kappa shape index (κ1) is 18.2. The van der Waals surface area contributed by atoms with E-state index in [0.29, 0.717) is 17.3 Å². The van der Waals surface area contributed by atoms with Gasteiger partial charge in [-0.3, -0.25) is 4.72 Å². The number of hydrogen-bond acceptors (Lipinski definition) is 4. The van der Waals surface area contributed by atoms with Crippen LogP contribution in [0.1, 0.15) is 5.56 Å². The fourth-order valence-corrected chi connectivity index (χ4v) is 3.31. The van der Waals surface area contributed by atoms with Crippen LogP contribution in [0, 0.1) is 5.82 Å². The van der Waals surface area contributed by atoms with Crippen LogP contribution in [0.2, 0.25) is 5.02 Å². The number of nitrogens with zero attached hydrogens (tertiary/aromatic N) is 1. The van der Waals surface area contributed by atoms with E-state index in [9.17, 15) is 12.8 Å². The smallest absolute Gasteiger partial charge is 0.263 e. The first-order valence-corrected chi connectivity index (χ1v) is 9.51. The van der Waals surface area contributed by atoms with Gasteiger partial charge in [-0.15, -0.1) is 0 Å². The van der Waals surface area contributed by atoms with Gasteiger partial charge in [-0.2, -0.15) is 0 Å². The van der Waals surface area contributed by atoms with E-state index in [-0.39, 0.29) is 16.5 Å². The maximum atomic E-state index is 12.9. The van der Waals surface area contributed by atoms with Gasteiger partial charge < -0.3 is 5.32 Å². The largest absolute Gasteiger partial charge is 0.380 e. The molecule has 0 aliphatic heterocycles. The summed E-state index contributed by atoms with van der Waals surface area (Å²) in [5.74, 6) is -0.0833. The zero-order chi connectivity index (χ0) is 18.6. The molecule has 0 amide bonds. The average Bonchev–Trinajstić information content (AvgIpc) is 2.62. The maximum Gasteiger partial charge on any atom is 0.263 e. The summed E-state index contributed by atoms with van der Waals surface area (Å²) in [5, 5.41) is 3.59. The molecule has 0 bridgehead atoms. The second-order valence-electron chi connectivity index (χ2n) is 5.47. The van der Waals surface area contributed by atoms with Gasteiger partial charge in [-0.1, -0.05) is 23.7 Å². The standard InChI is InChI=1S/C18H15ClFN3O2S/c19-14-3-8-17(9-4-14)26(24,25)23-18-10-7-16(12-22-18)21-11-13-1-5-15(20)6-2-13/h1-10,12,21H,11H2,(H,22,23). The van der Waals surface area contributed by atoms with Crippen LogP contribution in [-0.4, -0.2) is 13.4 Å². The van der Waals surface area contributed by atoms with E-state index in [4.69, 9.17) is 11.6 Å². The molecule has 3 rings (SSSR count). The van der Waals surface area contributed by atoms with Gasteiger partial charge in [0.1, 0.15) is 11.6 Å². The van der Waals surface area contributed by atoms with Crippen molar-refractivity contribution in [1.82, 2.24) is 4.98 Å². The van der Waals surface area contributed by atoms with Crippen molar-refractivity contribution in [3.63, 3.8) is 0 Å². The summed E-state index contributed by atoms with van der Waals surface area (Å²) < 4.78 is 39.9. The quantitative estimate of drug-likeness (QED) is 0.657. The van der Waals surface area contributed by atoms with E-state index < -0.39 is 10.0 Å². The minimum atomic E-state index is -3.73. The average molecular weight is 392 g/mol. The Morgan fingerprint density at radius 3 is 2.27 bits per heavy atom. The lowest BCUT2D eigenvalue weighted by Gasteiger charge is -2.09. The highest BCUT2D eigenvalue weighted by Gasteiger charge is 2.14. The number of aromatic nitrogens is 1. The van der Waals surface area contributed by atoms with Gasteiger partial charge in [0.15, 0.2) is 0 Å². The second kappa shape index (κ2) is 7.72. The number of halogens is 2. The molecular formula is C18H15ClFN3O2S. The van der Waals surface area contributed by atoms with Gasteiger partial charge >= 0.3 is 0 Å². The number of benzene rings is 2. The third kappa shape index (κ3) is 4.71. The van der Waals surface area contributed by atoms with Crippen molar-refractivity contribution in [2.24, 2.45) is 0 Å². The molecule has 26 heavy (non-hydrogen) atoms. The normalized spacial score (nSPS) is 11.2. The van der Waals surface area contributed by atoms with Crippen molar-refractivity contribution >= 4 is 33.1 Å². The minimum absolute atomic E-state index is 0.0993. The number of hydrogen-bond donors (Lipinski definition) is 2. The molecule has 0 spiro atoms. The van der Waals surface area contributed by atoms with Gasteiger partial charge in [0.25, 0.3) is 10.0 Å². The number of sulfonamides is 1. The third-order valence-corrected chi connectivity index (χ3v) is 5.16. The Hall–Kier alpha value is -2.64. The van der Waals surface area contributed by atoms with Crippen molar-refractivity contribution in [3.05, 3.63) is 83.3 Å². The van der Waals surface area contributed by atoms with Crippen molar-refractivity contribution in [2.75, 3.05) is 10.0 Å². The fourth-order valence-electron chi connectivity index (χ4n) is 2.18. The zero-order valence-corrected chi connectivity index (χ0v) is 15.1. The zero-order valence-electron chi connectivity index (χ0n) is 13.5. The predicted molar refractivity (Wildman–Crippen MR) is 100 cm³/mol. The lowest BCUT2D eigenvalue weighted by atomic mass is 10.2. The molecule has 134 valence electrons. The lowest BCUT2D eigenvalue weighted by molar-refractivity contribution is 0.601. The summed E-state index contributed by atoms with van der Waals surface area (Å²) in [4.78, 5) is 4.19. The first-order chi connectivity index (χ1) is 12.4. The molecule has 2 aromatic carbocycles. The SMILES string of the molecule is O=S(=O)(Nc1ccc(NCc2ccc(F)cc2)cn1)c1ccc(Cl)cc1. The predicted octanol–water partition coefficient (Wildman–Crippen LogP) is 4.29. The monoisotopic (exact) mass is 391 g/mol. The Morgan fingerprint density at radius 2 is 1.65 bits per heavy atom. The van der Waals surface area contributed by atoms with E-state index in [1.807, 2.05) is 0 Å². The number of nitrogens with one attached hydrogen (secondary N) is 2. The third-order valence-electron chi connectivity index (χ3n) is 3.54. The molecule has 0 atom stereocenters. The van der Waals surface area contributed by atoms with Crippen LogP contribution in [0.4, 0.5) is 15.9 Å². The molecule has 1 heterocycles. The molecule has 0 unspecified atom stereocenters. The molecule has 3 aromatic rings. The molecule has 5 nitrogen and oxygen atoms in total. The van der Waals surface area contributed by atoms with Gasteiger partial charge in [-0.05, 0) is 54.1 Å². The Balaban J connectivity index is 1.63. The van der Waals surface area contributed by atoms with Crippen LogP contribution in [0.25, 0.3) is 0 Å². The molecule has 0 radical (unpaired) electrons. The van der Waals surface area contributed by atoms with Gasteiger partial charge in [0, 0.05) is 11.6 Å². The minimum Gasteiger partial charge on any atom is -0.380 e. The van der Waals surface area contributed by atoms with Crippen LogP contribution >= 0.6 is 11.6 Å². The van der Waals surface area contributed by atoms with Gasteiger partial charge in [-0.25, -0.2) is 17.8 Å². The lowest BCUT2D eigenvalue weighted by Crippen LogP contribution is -2.13. The van der Waals surface area contributed by atoms with E-state index >= 15 is 0 Å². The highest BCUT2D eigenvalue weighted by molar-refractivity contribution is 7.92. The fraction of sp³-hybridized carbons (Fsp3) is 0.0556. The van der Waals surface area contributed by atoms with Crippen LogP contribution < -0.4 is 10.0 Å². The molecule has 8 heteroatoms. The van der Waals surface area contributed by atoms with Crippen molar-refractivity contribution in [3.8, 4) is 0 Å². The van der Waals surface area contributed by atoms with Gasteiger partial charge in [0.2, 0.25) is 0 Å². The summed E-state index contributed by atoms with van der Waals surface area (Å²) in [6, 6.07) is 15.3. The van der Waals surface area contributed by atoms with E-state index in [2.05, 4.69) is 15.0 Å². The summed E-state index contributed by atoms with van der Waals surface area (Å²) in [7, 11) is -3.73. The van der Waals surface area contributed by atoms with Crippen LogP contribution in [0.3, 0.4) is 0 Å². The highest BCUT2D eigenvalue weighted by atomic mass is 35.5. The molecule has 0 saturated heterocycles. The molecule has 2 N–H and O–H groups in total. The van der Waals surface area contributed by atoms with Gasteiger partial charge in [0.05, 0.1) is 16.8 Å². The molecule has 1 aromatic heterocycles. The van der Waals surface area contributed by atoms with Crippen molar-refractivity contribution < 1.29 is 12.8 Å². The topological polar surface area (TPSA) is 71.1 Å². The Labute approximate surface area is 155 Å². The number of anilines is 2. The number of rotatable bonds is 6. The molecule has 0 aliphatic rings. The molecular weight excluding hydrogens is 377 g/mol. The Bertz CT molecular complexity index is 976. The van der Waals surface area contributed by atoms with Crippen molar-refractivity contribution in [1.29, 1.82) is 0 Å². The van der Waals surface area contributed by atoms with Crippen LogP contribution in [-0.2, 0) is 16.6 Å². The molecule has 0 saturated carbocycles. The summed E-state index contributed by atoms with van der Waals surface area (Å²) in [6.45, 7) is 0.498. The second-order valence-corrected chi connectivity index (χ2v) is 7.59. The summed E-state index contributed by atoms with van der Waals surface area (Å²) in [6.07, 6.45) is 1.52. The van der Waals surface area contributed by atoms with E-state index in [1.54, 1.807) is 24.3 Å². The maximum absolute atomic E-state index is 12.9.